The van der Waals surface area contributed by atoms with Crippen LogP contribution in [-0.2, 0) is 0 Å². The van der Waals surface area contributed by atoms with Gasteiger partial charge in [0.2, 0.25) is 0 Å². The lowest BCUT2D eigenvalue weighted by atomic mass is 9.66. The average Bonchev–Trinajstić information content (AvgIpc) is 2.12. The molecule has 0 heteroatoms. The van der Waals surface area contributed by atoms with Crippen LogP contribution in [0.2, 0.25) is 0 Å². The molecule has 4 unspecified atom stereocenters. The van der Waals surface area contributed by atoms with E-state index in [0.29, 0.717) is 0 Å². The predicted octanol–water partition coefficient (Wildman–Crippen LogP) is 4.27. The van der Waals surface area contributed by atoms with E-state index >= 15 is 0 Å². The highest BCUT2D eigenvalue weighted by molar-refractivity contribution is 5.07. The first-order valence-corrected chi connectivity index (χ1v) is 5.70. The molecule has 76 valence electrons. The lowest BCUT2D eigenvalue weighted by molar-refractivity contribution is 0.150. The minimum Gasteiger partial charge on any atom is -0.0884 e. The molecule has 0 aromatic carbocycles. The van der Waals surface area contributed by atoms with Gasteiger partial charge in [-0.05, 0) is 43.9 Å². The standard InChI is InChI=1S/C13H24/c1-6-9(2)13-11(4)8-7-10(3)12(13)5/h6,10-13H,7-8H2,1-5H3/b9-6-. The maximum Gasteiger partial charge on any atom is -0.0152 e. The van der Waals surface area contributed by atoms with Gasteiger partial charge in [0.05, 0.1) is 0 Å². The van der Waals surface area contributed by atoms with Crippen molar-refractivity contribution in [1.82, 2.24) is 0 Å². The van der Waals surface area contributed by atoms with Crippen LogP contribution in [0.5, 0.6) is 0 Å². The van der Waals surface area contributed by atoms with E-state index in [-0.39, 0.29) is 0 Å². The molecular weight excluding hydrogens is 156 g/mol. The maximum atomic E-state index is 2.43. The summed E-state index contributed by atoms with van der Waals surface area (Å²) in [6.07, 6.45) is 5.15. The second kappa shape index (κ2) is 4.30. The zero-order valence-electron chi connectivity index (χ0n) is 9.80. The molecule has 0 bridgehead atoms. The van der Waals surface area contributed by atoms with E-state index in [1.165, 1.54) is 12.8 Å². The molecular formula is C13H24. The molecule has 0 saturated heterocycles. The number of hydrogen-bond donors (Lipinski definition) is 0. The fourth-order valence-electron chi connectivity index (χ4n) is 2.90. The highest BCUT2D eigenvalue weighted by Crippen LogP contribution is 2.41. The van der Waals surface area contributed by atoms with Crippen LogP contribution in [0.1, 0.15) is 47.5 Å². The van der Waals surface area contributed by atoms with Gasteiger partial charge in [0.25, 0.3) is 0 Å². The Labute approximate surface area is 83.4 Å². The van der Waals surface area contributed by atoms with Gasteiger partial charge in [0.1, 0.15) is 0 Å². The van der Waals surface area contributed by atoms with Gasteiger partial charge in [-0.2, -0.15) is 0 Å². The van der Waals surface area contributed by atoms with Gasteiger partial charge in [0.15, 0.2) is 0 Å². The summed E-state index contributed by atoms with van der Waals surface area (Å²) in [5, 5.41) is 0. The Hall–Kier alpha value is -0.260. The van der Waals surface area contributed by atoms with Gasteiger partial charge in [-0.3, -0.25) is 0 Å². The third kappa shape index (κ3) is 2.15. The molecule has 0 heterocycles. The molecule has 1 aliphatic carbocycles. The summed E-state index contributed by atoms with van der Waals surface area (Å²) in [5.74, 6) is 3.52. The molecule has 0 aromatic rings. The smallest absolute Gasteiger partial charge is 0.0152 e. The van der Waals surface area contributed by atoms with Crippen molar-refractivity contribution in [3.05, 3.63) is 11.6 Å². The molecule has 0 amide bonds. The Bertz CT molecular complexity index is 190. The van der Waals surface area contributed by atoms with E-state index in [2.05, 4.69) is 40.7 Å². The normalized spacial score (nSPS) is 42.1. The summed E-state index contributed by atoms with van der Waals surface area (Å²) in [7, 11) is 0. The van der Waals surface area contributed by atoms with E-state index < -0.39 is 0 Å². The van der Waals surface area contributed by atoms with Crippen molar-refractivity contribution in [2.75, 3.05) is 0 Å². The summed E-state index contributed by atoms with van der Waals surface area (Å²) in [4.78, 5) is 0. The van der Waals surface area contributed by atoms with Gasteiger partial charge in [-0.15, -0.1) is 0 Å². The summed E-state index contributed by atoms with van der Waals surface area (Å²) >= 11 is 0. The van der Waals surface area contributed by atoms with Crippen molar-refractivity contribution < 1.29 is 0 Å². The molecule has 4 atom stereocenters. The highest BCUT2D eigenvalue weighted by Gasteiger charge is 2.32. The van der Waals surface area contributed by atoms with Gasteiger partial charge in [-0.1, -0.05) is 38.8 Å². The third-order valence-electron chi connectivity index (χ3n) is 4.14. The maximum absolute atomic E-state index is 2.43. The summed E-state index contributed by atoms with van der Waals surface area (Å²) in [6.45, 7) is 11.7. The van der Waals surface area contributed by atoms with Gasteiger partial charge in [0, 0.05) is 0 Å². The molecule has 0 spiro atoms. The first-order valence-electron chi connectivity index (χ1n) is 5.70. The molecule has 0 N–H and O–H groups in total. The van der Waals surface area contributed by atoms with Gasteiger partial charge < -0.3 is 0 Å². The number of allylic oxidation sites excluding steroid dienone is 2. The molecule has 0 nitrogen and oxygen atoms in total. The topological polar surface area (TPSA) is 0 Å². The zero-order valence-corrected chi connectivity index (χ0v) is 9.80. The molecule has 0 radical (unpaired) electrons. The van der Waals surface area contributed by atoms with Crippen molar-refractivity contribution in [2.45, 2.75) is 47.5 Å². The van der Waals surface area contributed by atoms with Crippen molar-refractivity contribution >= 4 is 0 Å². The fourth-order valence-corrected chi connectivity index (χ4v) is 2.90. The molecule has 1 fully saturated rings. The minimum atomic E-state index is 0.841. The molecule has 1 rings (SSSR count). The van der Waals surface area contributed by atoms with Crippen molar-refractivity contribution in [1.29, 1.82) is 0 Å². The molecule has 0 aromatic heterocycles. The fraction of sp³-hybridized carbons (Fsp3) is 0.846. The number of rotatable bonds is 1. The van der Waals surface area contributed by atoms with Gasteiger partial charge in [-0.25, -0.2) is 0 Å². The molecule has 0 aliphatic heterocycles. The largest absolute Gasteiger partial charge is 0.0884 e. The lowest BCUT2D eigenvalue weighted by Gasteiger charge is -2.39. The van der Waals surface area contributed by atoms with Crippen LogP contribution in [-0.4, -0.2) is 0 Å². The summed E-state index contributed by atoms with van der Waals surface area (Å²) < 4.78 is 0. The van der Waals surface area contributed by atoms with E-state index in [4.69, 9.17) is 0 Å². The van der Waals surface area contributed by atoms with Crippen LogP contribution in [0, 0.1) is 23.7 Å². The lowest BCUT2D eigenvalue weighted by Crippen LogP contribution is -2.31. The Morgan fingerprint density at radius 3 is 2.15 bits per heavy atom. The van der Waals surface area contributed by atoms with Crippen molar-refractivity contribution in [2.24, 2.45) is 23.7 Å². The second-order valence-electron chi connectivity index (χ2n) is 4.95. The van der Waals surface area contributed by atoms with Crippen LogP contribution in [0.4, 0.5) is 0 Å². The molecule has 1 aliphatic rings. The SMILES string of the molecule is C/C=C(/C)C1C(C)CCC(C)C1C. The predicted molar refractivity (Wildman–Crippen MR) is 59.6 cm³/mol. The van der Waals surface area contributed by atoms with Gasteiger partial charge >= 0.3 is 0 Å². The van der Waals surface area contributed by atoms with Crippen LogP contribution in [0.25, 0.3) is 0 Å². The second-order valence-corrected chi connectivity index (χ2v) is 4.95. The zero-order chi connectivity index (χ0) is 10.0. The third-order valence-corrected chi connectivity index (χ3v) is 4.14. The first kappa shape index (κ1) is 10.8. The monoisotopic (exact) mass is 180 g/mol. The Morgan fingerprint density at radius 1 is 1.08 bits per heavy atom. The Morgan fingerprint density at radius 2 is 1.62 bits per heavy atom. The quantitative estimate of drug-likeness (QED) is 0.529. The molecule has 1 saturated carbocycles. The number of hydrogen-bond acceptors (Lipinski definition) is 0. The van der Waals surface area contributed by atoms with Crippen molar-refractivity contribution in [3.8, 4) is 0 Å². The van der Waals surface area contributed by atoms with E-state index in [9.17, 15) is 0 Å². The van der Waals surface area contributed by atoms with Crippen LogP contribution >= 0.6 is 0 Å². The van der Waals surface area contributed by atoms with Crippen LogP contribution in [0.15, 0.2) is 11.6 Å². The van der Waals surface area contributed by atoms with Crippen LogP contribution < -0.4 is 0 Å². The summed E-state index contributed by atoms with van der Waals surface area (Å²) in [5.41, 5.74) is 1.60. The van der Waals surface area contributed by atoms with E-state index in [1.54, 1.807) is 5.57 Å². The highest BCUT2D eigenvalue weighted by atomic mass is 14.4. The molecule has 13 heavy (non-hydrogen) atoms. The van der Waals surface area contributed by atoms with Crippen LogP contribution in [0.3, 0.4) is 0 Å². The minimum absolute atomic E-state index is 0.841. The van der Waals surface area contributed by atoms with Crippen molar-refractivity contribution in [3.63, 3.8) is 0 Å². The van der Waals surface area contributed by atoms with E-state index in [1.807, 2.05) is 0 Å². The Balaban J connectivity index is 2.78. The first-order chi connectivity index (χ1) is 6.07. The Kier molecular flexibility index (Phi) is 3.58. The summed E-state index contributed by atoms with van der Waals surface area (Å²) in [6, 6.07) is 0. The van der Waals surface area contributed by atoms with E-state index in [0.717, 1.165) is 23.7 Å². The average molecular weight is 180 g/mol.